The second kappa shape index (κ2) is 7.47. The summed E-state index contributed by atoms with van der Waals surface area (Å²) in [4.78, 5) is 16.5. The van der Waals surface area contributed by atoms with Crippen LogP contribution in [-0.2, 0) is 11.2 Å². The van der Waals surface area contributed by atoms with Crippen LogP contribution in [0.4, 0.5) is 0 Å². The molecule has 0 unspecified atom stereocenters. The molecule has 4 heteroatoms. The van der Waals surface area contributed by atoms with Crippen molar-refractivity contribution in [1.82, 2.24) is 9.80 Å². The smallest absolute Gasteiger partial charge is 0.260 e. The first kappa shape index (κ1) is 15.8. The van der Waals surface area contributed by atoms with E-state index in [1.54, 1.807) is 0 Å². The van der Waals surface area contributed by atoms with Crippen molar-refractivity contribution in [3.8, 4) is 5.75 Å². The monoisotopic (exact) mass is 312 g/mol. The number of carbonyl (C=O) groups excluding carboxylic acids is 1. The molecule has 122 valence electrons. The van der Waals surface area contributed by atoms with Gasteiger partial charge in [0.05, 0.1) is 0 Å². The van der Waals surface area contributed by atoms with E-state index in [-0.39, 0.29) is 12.5 Å². The summed E-state index contributed by atoms with van der Waals surface area (Å²) in [5, 5.41) is 0. The molecule has 0 atom stereocenters. The molecular formula is C19H24N2O2. The lowest BCUT2D eigenvalue weighted by Gasteiger charge is -2.34. The fourth-order valence-corrected chi connectivity index (χ4v) is 3.16. The Kier molecular flexibility index (Phi) is 5.13. The minimum atomic E-state index is 0.0700. The van der Waals surface area contributed by atoms with Crippen molar-refractivity contribution in [3.05, 3.63) is 48.1 Å². The predicted octanol–water partition coefficient (Wildman–Crippen LogP) is 2.36. The van der Waals surface area contributed by atoms with Crippen molar-refractivity contribution in [2.45, 2.75) is 12.8 Å². The maximum absolute atomic E-state index is 12.3. The summed E-state index contributed by atoms with van der Waals surface area (Å²) >= 11 is 0. The Hall–Kier alpha value is -2.07. The molecule has 1 aliphatic heterocycles. The van der Waals surface area contributed by atoms with Crippen molar-refractivity contribution in [1.29, 1.82) is 0 Å². The summed E-state index contributed by atoms with van der Waals surface area (Å²) in [6, 6.07) is 6.09. The standard InChI is InChI=1S/C19H24N2O2/c1-2-10-20-11-13-21(14-12-20)19(22)15-23-18-9-5-7-16-6-3-4-8-17(16)18/h2,4-5,7-9H,1,3,6,10-15H2. The number of benzene rings is 1. The van der Waals surface area contributed by atoms with E-state index in [0.717, 1.165) is 56.9 Å². The van der Waals surface area contributed by atoms with Crippen molar-refractivity contribution >= 4 is 12.0 Å². The van der Waals surface area contributed by atoms with Crippen LogP contribution in [0.15, 0.2) is 36.9 Å². The van der Waals surface area contributed by atoms with Crippen LogP contribution < -0.4 is 4.74 Å². The van der Waals surface area contributed by atoms with Crippen LogP contribution in [0.3, 0.4) is 0 Å². The Labute approximate surface area is 138 Å². The van der Waals surface area contributed by atoms with Gasteiger partial charge in [-0.15, -0.1) is 6.58 Å². The van der Waals surface area contributed by atoms with E-state index < -0.39 is 0 Å². The van der Waals surface area contributed by atoms with Crippen LogP contribution in [0.1, 0.15) is 17.5 Å². The number of hydrogen-bond acceptors (Lipinski definition) is 3. The van der Waals surface area contributed by atoms with E-state index in [0.29, 0.717) is 0 Å². The Bertz CT molecular complexity index is 601. The van der Waals surface area contributed by atoms with Gasteiger partial charge in [-0.25, -0.2) is 0 Å². The molecule has 1 fully saturated rings. The summed E-state index contributed by atoms with van der Waals surface area (Å²) in [7, 11) is 0. The number of rotatable bonds is 5. The zero-order valence-electron chi connectivity index (χ0n) is 13.5. The number of amides is 1. The predicted molar refractivity (Wildman–Crippen MR) is 92.5 cm³/mol. The Morgan fingerprint density at radius 2 is 2.09 bits per heavy atom. The number of ether oxygens (including phenoxy) is 1. The van der Waals surface area contributed by atoms with E-state index in [9.17, 15) is 4.79 Å². The normalized spacial score (nSPS) is 17.7. The Balaban J connectivity index is 1.54. The lowest BCUT2D eigenvalue weighted by molar-refractivity contribution is -0.135. The van der Waals surface area contributed by atoms with Crippen LogP contribution >= 0.6 is 0 Å². The van der Waals surface area contributed by atoms with E-state index in [1.807, 2.05) is 23.1 Å². The van der Waals surface area contributed by atoms with Gasteiger partial charge in [0, 0.05) is 38.3 Å². The fourth-order valence-electron chi connectivity index (χ4n) is 3.16. The Morgan fingerprint density at radius 3 is 2.87 bits per heavy atom. The first-order valence-corrected chi connectivity index (χ1v) is 8.30. The van der Waals surface area contributed by atoms with Crippen molar-refractivity contribution in [2.75, 3.05) is 39.3 Å². The van der Waals surface area contributed by atoms with E-state index in [1.165, 1.54) is 5.56 Å². The minimum absolute atomic E-state index is 0.0700. The molecule has 2 aliphatic rings. The number of hydrogen-bond donors (Lipinski definition) is 0. The molecule has 0 bridgehead atoms. The largest absolute Gasteiger partial charge is 0.483 e. The first-order valence-electron chi connectivity index (χ1n) is 8.30. The van der Waals surface area contributed by atoms with Gasteiger partial charge in [-0.1, -0.05) is 30.4 Å². The molecule has 23 heavy (non-hydrogen) atoms. The summed E-state index contributed by atoms with van der Waals surface area (Å²) in [5.41, 5.74) is 2.43. The average Bonchev–Trinajstić information content (AvgIpc) is 2.60. The highest BCUT2D eigenvalue weighted by molar-refractivity contribution is 5.78. The van der Waals surface area contributed by atoms with Crippen LogP contribution in [0.2, 0.25) is 0 Å². The van der Waals surface area contributed by atoms with Gasteiger partial charge in [0.25, 0.3) is 5.91 Å². The summed E-state index contributed by atoms with van der Waals surface area (Å²) in [6.45, 7) is 8.11. The van der Waals surface area contributed by atoms with E-state index in [2.05, 4.69) is 29.7 Å². The molecule has 1 amide bonds. The van der Waals surface area contributed by atoms with E-state index in [4.69, 9.17) is 4.74 Å². The van der Waals surface area contributed by atoms with Gasteiger partial charge in [-0.2, -0.15) is 0 Å². The first-order chi connectivity index (χ1) is 11.3. The molecule has 0 spiro atoms. The van der Waals surface area contributed by atoms with Gasteiger partial charge >= 0.3 is 0 Å². The van der Waals surface area contributed by atoms with Gasteiger partial charge in [0.15, 0.2) is 6.61 Å². The molecular weight excluding hydrogens is 288 g/mol. The Morgan fingerprint density at radius 1 is 1.26 bits per heavy atom. The molecule has 3 rings (SSSR count). The van der Waals surface area contributed by atoms with Crippen LogP contribution in [0.5, 0.6) is 5.75 Å². The SMILES string of the molecule is C=CCN1CCN(C(=O)COc2cccc3c2C=CCC3)CC1. The number of nitrogens with zero attached hydrogens (tertiary/aromatic N) is 2. The molecule has 1 heterocycles. The second-order valence-electron chi connectivity index (χ2n) is 6.03. The third-order valence-corrected chi connectivity index (χ3v) is 4.48. The third kappa shape index (κ3) is 3.82. The lowest BCUT2D eigenvalue weighted by atomic mass is 9.97. The van der Waals surface area contributed by atoms with Gasteiger partial charge in [0.1, 0.15) is 5.75 Å². The van der Waals surface area contributed by atoms with Crippen LogP contribution in [-0.4, -0.2) is 55.0 Å². The highest BCUT2D eigenvalue weighted by Gasteiger charge is 2.21. The minimum Gasteiger partial charge on any atom is -0.483 e. The fraction of sp³-hybridized carbons (Fsp3) is 0.421. The maximum Gasteiger partial charge on any atom is 0.260 e. The topological polar surface area (TPSA) is 32.8 Å². The van der Waals surface area contributed by atoms with Gasteiger partial charge in [-0.3, -0.25) is 9.69 Å². The molecule has 0 radical (unpaired) electrons. The van der Waals surface area contributed by atoms with Crippen LogP contribution in [0.25, 0.3) is 6.08 Å². The van der Waals surface area contributed by atoms with Crippen molar-refractivity contribution in [2.24, 2.45) is 0 Å². The average molecular weight is 312 g/mol. The number of piperazine rings is 1. The molecule has 0 N–H and O–H groups in total. The van der Waals surface area contributed by atoms with Gasteiger partial charge in [0.2, 0.25) is 0 Å². The summed E-state index contributed by atoms with van der Waals surface area (Å²) in [6.07, 6.45) is 8.29. The summed E-state index contributed by atoms with van der Waals surface area (Å²) in [5.74, 6) is 0.887. The zero-order chi connectivity index (χ0) is 16.1. The van der Waals surface area contributed by atoms with Gasteiger partial charge in [-0.05, 0) is 24.5 Å². The number of allylic oxidation sites excluding steroid dienone is 1. The molecule has 1 aromatic rings. The van der Waals surface area contributed by atoms with Crippen LogP contribution in [0, 0.1) is 0 Å². The molecule has 0 aromatic heterocycles. The quantitative estimate of drug-likeness (QED) is 0.783. The molecule has 1 saturated heterocycles. The summed E-state index contributed by atoms with van der Waals surface area (Å²) < 4.78 is 5.82. The van der Waals surface area contributed by atoms with E-state index >= 15 is 0 Å². The highest BCUT2D eigenvalue weighted by Crippen LogP contribution is 2.28. The number of aryl methyl sites for hydroxylation is 1. The second-order valence-corrected chi connectivity index (χ2v) is 6.03. The third-order valence-electron chi connectivity index (χ3n) is 4.48. The molecule has 4 nitrogen and oxygen atoms in total. The van der Waals surface area contributed by atoms with Crippen molar-refractivity contribution in [3.63, 3.8) is 0 Å². The number of fused-ring (bicyclic) bond motifs is 1. The zero-order valence-corrected chi connectivity index (χ0v) is 13.5. The lowest BCUT2D eigenvalue weighted by Crippen LogP contribution is -2.49. The highest BCUT2D eigenvalue weighted by atomic mass is 16.5. The molecule has 1 aromatic carbocycles. The number of carbonyl (C=O) groups is 1. The van der Waals surface area contributed by atoms with Gasteiger partial charge < -0.3 is 9.64 Å². The molecule has 0 saturated carbocycles. The molecule has 1 aliphatic carbocycles. The van der Waals surface area contributed by atoms with Crippen molar-refractivity contribution < 1.29 is 9.53 Å². The maximum atomic E-state index is 12.3.